The third-order valence-corrected chi connectivity index (χ3v) is 3.77. The van der Waals surface area contributed by atoms with E-state index in [2.05, 4.69) is 10.3 Å². The van der Waals surface area contributed by atoms with Gasteiger partial charge in [0.2, 0.25) is 0 Å². The summed E-state index contributed by atoms with van der Waals surface area (Å²) in [7, 11) is 0. The Morgan fingerprint density at radius 2 is 2.00 bits per heavy atom. The van der Waals surface area contributed by atoms with E-state index in [0.717, 1.165) is 38.5 Å². The maximum Gasteiger partial charge on any atom is 0.270 e. The third kappa shape index (κ3) is 4.18. The Morgan fingerprint density at radius 3 is 2.63 bits per heavy atom. The molecule has 0 aliphatic heterocycles. The predicted octanol–water partition coefficient (Wildman–Crippen LogP) is 2.55. The number of amides is 1. The molecule has 2 rings (SSSR count). The Balaban J connectivity index is 1.92. The number of aromatic nitrogens is 1. The first-order valence-corrected chi connectivity index (χ1v) is 7.10. The molecule has 0 spiro atoms. The average molecular weight is 283 g/mol. The van der Waals surface area contributed by atoms with Gasteiger partial charge in [-0.3, -0.25) is 4.79 Å². The van der Waals surface area contributed by atoms with Crippen molar-refractivity contribution in [1.29, 1.82) is 0 Å². The van der Waals surface area contributed by atoms with Crippen LogP contribution in [0.25, 0.3) is 0 Å². The third-order valence-electron chi connectivity index (χ3n) is 3.56. The first-order valence-electron chi connectivity index (χ1n) is 6.72. The molecular weight excluding hydrogens is 264 g/mol. The molecule has 1 amide bonds. The smallest absolute Gasteiger partial charge is 0.270 e. The van der Waals surface area contributed by atoms with E-state index >= 15 is 0 Å². The molecule has 4 nitrogen and oxygen atoms in total. The van der Waals surface area contributed by atoms with Crippen molar-refractivity contribution in [2.75, 3.05) is 6.54 Å². The number of rotatable bonds is 3. The number of nitrogens with one attached hydrogen (secondary N) is 1. The van der Waals surface area contributed by atoms with Gasteiger partial charge in [0.1, 0.15) is 10.8 Å². The molecule has 1 aliphatic carbocycles. The zero-order valence-corrected chi connectivity index (χ0v) is 11.6. The summed E-state index contributed by atoms with van der Waals surface area (Å²) >= 11 is 5.75. The minimum atomic E-state index is -0.773. The van der Waals surface area contributed by atoms with E-state index < -0.39 is 5.60 Å². The van der Waals surface area contributed by atoms with Gasteiger partial charge in [-0.1, -0.05) is 43.4 Å². The maximum absolute atomic E-state index is 11.9. The number of hydrogen-bond acceptors (Lipinski definition) is 3. The summed E-state index contributed by atoms with van der Waals surface area (Å²) in [6, 6.07) is 4.92. The monoisotopic (exact) mass is 282 g/mol. The largest absolute Gasteiger partial charge is 0.388 e. The van der Waals surface area contributed by atoms with E-state index in [9.17, 15) is 9.90 Å². The van der Waals surface area contributed by atoms with Crippen molar-refractivity contribution in [3.63, 3.8) is 0 Å². The van der Waals surface area contributed by atoms with Crippen LogP contribution in [-0.2, 0) is 0 Å². The lowest BCUT2D eigenvalue weighted by Crippen LogP contribution is -2.42. The van der Waals surface area contributed by atoms with Crippen LogP contribution in [0.5, 0.6) is 0 Å². The maximum atomic E-state index is 11.9. The molecular formula is C14H19ClN2O2. The van der Waals surface area contributed by atoms with Gasteiger partial charge in [-0.2, -0.15) is 0 Å². The molecule has 1 saturated carbocycles. The van der Waals surface area contributed by atoms with E-state index in [4.69, 9.17) is 11.6 Å². The molecule has 104 valence electrons. The minimum Gasteiger partial charge on any atom is -0.388 e. The van der Waals surface area contributed by atoms with E-state index in [1.165, 1.54) is 0 Å². The molecule has 1 aromatic rings. The van der Waals surface area contributed by atoms with E-state index in [1.807, 2.05) is 0 Å². The number of carbonyl (C=O) groups is 1. The van der Waals surface area contributed by atoms with Crippen molar-refractivity contribution in [2.24, 2.45) is 0 Å². The van der Waals surface area contributed by atoms with Gasteiger partial charge in [-0.15, -0.1) is 0 Å². The van der Waals surface area contributed by atoms with E-state index in [1.54, 1.807) is 18.2 Å². The van der Waals surface area contributed by atoms with Crippen LogP contribution in [0, 0.1) is 0 Å². The zero-order chi connectivity index (χ0) is 13.7. The van der Waals surface area contributed by atoms with Gasteiger partial charge in [0.15, 0.2) is 0 Å². The molecule has 1 heterocycles. The molecule has 1 fully saturated rings. The van der Waals surface area contributed by atoms with Crippen LogP contribution < -0.4 is 5.32 Å². The van der Waals surface area contributed by atoms with Gasteiger partial charge in [0.05, 0.1) is 5.60 Å². The van der Waals surface area contributed by atoms with Gasteiger partial charge < -0.3 is 10.4 Å². The van der Waals surface area contributed by atoms with Crippen molar-refractivity contribution in [2.45, 2.75) is 44.1 Å². The number of halogens is 1. The van der Waals surface area contributed by atoms with Crippen LogP contribution in [-0.4, -0.2) is 28.1 Å². The Labute approximate surface area is 118 Å². The van der Waals surface area contributed by atoms with Crippen LogP contribution in [0.4, 0.5) is 0 Å². The van der Waals surface area contributed by atoms with Crippen molar-refractivity contribution in [1.82, 2.24) is 10.3 Å². The predicted molar refractivity (Wildman–Crippen MR) is 74.2 cm³/mol. The first-order chi connectivity index (χ1) is 9.09. The number of aliphatic hydroxyl groups is 1. The molecule has 0 unspecified atom stereocenters. The summed E-state index contributed by atoms with van der Waals surface area (Å²) in [6.07, 6.45) is 5.84. The number of pyridine rings is 1. The van der Waals surface area contributed by atoms with Gasteiger partial charge >= 0.3 is 0 Å². The summed E-state index contributed by atoms with van der Waals surface area (Å²) in [5.41, 5.74) is -0.491. The molecule has 0 bridgehead atoms. The highest BCUT2D eigenvalue weighted by atomic mass is 35.5. The second kappa shape index (κ2) is 6.35. The normalized spacial score (nSPS) is 18.6. The highest BCUT2D eigenvalue weighted by Crippen LogP contribution is 2.26. The fourth-order valence-corrected chi connectivity index (χ4v) is 2.60. The van der Waals surface area contributed by atoms with Crippen molar-refractivity contribution < 1.29 is 9.90 Å². The first kappa shape index (κ1) is 14.3. The van der Waals surface area contributed by atoms with Crippen LogP contribution >= 0.6 is 11.6 Å². The molecule has 1 aliphatic rings. The Hall–Kier alpha value is -1.13. The van der Waals surface area contributed by atoms with Crippen LogP contribution in [0.2, 0.25) is 5.15 Å². The summed E-state index contributed by atoms with van der Waals surface area (Å²) in [6.45, 7) is 0.278. The Morgan fingerprint density at radius 1 is 1.32 bits per heavy atom. The fourth-order valence-electron chi connectivity index (χ4n) is 2.43. The van der Waals surface area contributed by atoms with Gasteiger partial charge in [-0.25, -0.2) is 4.98 Å². The molecule has 5 heteroatoms. The van der Waals surface area contributed by atoms with E-state index in [-0.39, 0.29) is 18.1 Å². The van der Waals surface area contributed by atoms with Gasteiger partial charge in [-0.05, 0) is 25.0 Å². The average Bonchev–Trinajstić information content (AvgIpc) is 2.61. The quantitative estimate of drug-likeness (QED) is 0.661. The summed E-state index contributed by atoms with van der Waals surface area (Å²) < 4.78 is 0. The zero-order valence-electron chi connectivity index (χ0n) is 10.9. The Kier molecular flexibility index (Phi) is 4.77. The molecule has 0 saturated heterocycles. The molecule has 19 heavy (non-hydrogen) atoms. The van der Waals surface area contributed by atoms with Gasteiger partial charge in [0, 0.05) is 6.54 Å². The van der Waals surface area contributed by atoms with E-state index in [0.29, 0.717) is 5.15 Å². The summed E-state index contributed by atoms with van der Waals surface area (Å²) in [4.78, 5) is 15.9. The van der Waals surface area contributed by atoms with Crippen LogP contribution in [0.1, 0.15) is 49.0 Å². The van der Waals surface area contributed by atoms with Crippen molar-refractivity contribution >= 4 is 17.5 Å². The number of carbonyl (C=O) groups excluding carboxylic acids is 1. The van der Waals surface area contributed by atoms with Crippen LogP contribution in [0.15, 0.2) is 18.2 Å². The molecule has 0 atom stereocenters. The summed E-state index contributed by atoms with van der Waals surface area (Å²) in [5, 5.41) is 13.5. The minimum absolute atomic E-state index is 0.278. The number of hydrogen-bond donors (Lipinski definition) is 2. The highest BCUT2D eigenvalue weighted by Gasteiger charge is 2.28. The van der Waals surface area contributed by atoms with Crippen molar-refractivity contribution in [3.8, 4) is 0 Å². The Bertz CT molecular complexity index is 443. The number of nitrogens with zero attached hydrogens (tertiary/aromatic N) is 1. The van der Waals surface area contributed by atoms with Gasteiger partial charge in [0.25, 0.3) is 5.91 Å². The summed E-state index contributed by atoms with van der Waals surface area (Å²) in [5.74, 6) is -0.292. The molecule has 2 N–H and O–H groups in total. The second-order valence-electron chi connectivity index (χ2n) is 5.17. The molecule has 0 aromatic carbocycles. The topological polar surface area (TPSA) is 62.2 Å². The SMILES string of the molecule is O=C(NCC1(O)CCCCCC1)c1cccc(Cl)n1. The van der Waals surface area contributed by atoms with Crippen LogP contribution in [0.3, 0.4) is 0 Å². The molecule has 1 aromatic heterocycles. The molecule has 0 radical (unpaired) electrons. The fraction of sp³-hybridized carbons (Fsp3) is 0.571. The lowest BCUT2D eigenvalue weighted by molar-refractivity contribution is 0.0246. The highest BCUT2D eigenvalue weighted by molar-refractivity contribution is 6.29. The van der Waals surface area contributed by atoms with Crippen molar-refractivity contribution in [3.05, 3.63) is 29.0 Å². The standard InChI is InChI=1S/C14H19ClN2O2/c15-12-7-5-6-11(17-12)13(18)16-10-14(19)8-3-1-2-4-9-14/h5-7,19H,1-4,8-10H2,(H,16,18). The lowest BCUT2D eigenvalue weighted by Gasteiger charge is -2.26. The second-order valence-corrected chi connectivity index (χ2v) is 5.55. The lowest BCUT2D eigenvalue weighted by atomic mass is 9.94.